The van der Waals surface area contributed by atoms with Crippen LogP contribution in [0.5, 0.6) is 34.9 Å². The first kappa shape index (κ1) is 79.9. The van der Waals surface area contributed by atoms with Gasteiger partial charge in [0.05, 0.1) is 87.1 Å². The lowest BCUT2D eigenvalue weighted by Gasteiger charge is -2.26. The smallest absolute Gasteiger partial charge is 0.251 e. The molecule has 0 radical (unpaired) electrons. The van der Waals surface area contributed by atoms with E-state index >= 15 is 0 Å². The second-order valence-corrected chi connectivity index (χ2v) is 29.2. The molecule has 1 aliphatic carbocycles. The summed E-state index contributed by atoms with van der Waals surface area (Å²) in [5, 5.41) is 29.8. The highest BCUT2D eigenvalue weighted by atomic mass is 16.5. The quantitative estimate of drug-likeness (QED) is 0.0319. The number of aryl methyl sites for hydroxylation is 5. The number of aromatic nitrogens is 12. The molecule has 120 heavy (non-hydrogen) atoms. The molecule has 3 amide bonds. The van der Waals surface area contributed by atoms with Crippen molar-refractivity contribution in [1.82, 2.24) is 75.8 Å². The Hall–Kier alpha value is -13.9. The molecule has 0 atom stereocenters. The number of aliphatic hydroxyl groups excluding tert-OH is 1. The molecular formula is C87H90N18O15. The number of amides is 3. The zero-order valence-corrected chi connectivity index (χ0v) is 68.0. The number of fused-ring (bicyclic) bond motifs is 6. The normalized spacial score (nSPS) is 15.1. The standard InChI is InChI=1S/3C29H30N6O5/c1-15-32-22-10-4-16(12-24(22)39-15)20-14-31-26-25(20)28(40-19-8-6-18(36)7-9-19)35-29(34-26)33-21-11-5-17(27(37)30-2)13-23(21)38-3;1-15-19(6-8-22-25(15)39-16(2)32-22)20-14-31-26-24(20)28(40-18-9-11-38-12-10-18)35-29(34-26)33-21-7-5-17(27(36)30-3)13-23(21)37-4;1-15-11-22-24(39-16(2)32-22)13-19(15)20-14-31-26-25(20)28(40-18-7-9-38-10-8-18)35-29(34-26)33-21-6-5-17(27(36)30-3)12-23(21)37-4/h4-5,10-14,18-19,36H,6-9H2,1-3H3,(H,30,37)(H2,31,33,34,35);5-8,13-14,18H,9-12H2,1-4H3,(H,30,36)(H2,31,33,34,35);5-6,11-14,18H,7-10H2,1-4H3,(H,30,36)(H2,31,33,34,35). The van der Waals surface area contributed by atoms with Gasteiger partial charge in [-0.2, -0.15) is 29.9 Å². The Kier molecular flexibility index (Phi) is 23.1. The predicted octanol–water partition coefficient (Wildman–Crippen LogP) is 15.0. The van der Waals surface area contributed by atoms with Gasteiger partial charge in [0.1, 0.15) is 69.1 Å². The molecule has 3 fully saturated rings. The lowest BCUT2D eigenvalue weighted by atomic mass is 9.95. The molecular weight excluding hydrogens is 1540 g/mol. The molecule has 18 rings (SSSR count). The Balaban J connectivity index is 0.000000134. The summed E-state index contributed by atoms with van der Waals surface area (Å²) in [4.78, 5) is 88.2. The molecule has 1 saturated carbocycles. The lowest BCUT2D eigenvalue weighted by Crippen LogP contribution is -2.27. The van der Waals surface area contributed by atoms with Gasteiger partial charge in [-0.3, -0.25) is 14.4 Å². The molecule has 0 bridgehead atoms. The summed E-state index contributed by atoms with van der Waals surface area (Å²) in [5.74, 6) is 4.96. The molecule has 9 aromatic heterocycles. The Bertz CT molecular complexity index is 6170. The van der Waals surface area contributed by atoms with E-state index in [0.29, 0.717) is 172 Å². The van der Waals surface area contributed by atoms with E-state index in [4.69, 9.17) is 81.1 Å². The van der Waals surface area contributed by atoms with Crippen LogP contribution in [0.1, 0.15) is 111 Å². The number of anilines is 6. The fraction of sp³-hybridized carbons (Fsp3) is 0.310. The number of benzene rings is 6. The van der Waals surface area contributed by atoms with Crippen molar-refractivity contribution < 1.29 is 70.6 Å². The number of ether oxygens (including phenoxy) is 8. The number of aromatic amines is 3. The van der Waals surface area contributed by atoms with Gasteiger partial charge in [-0.15, -0.1) is 0 Å². The van der Waals surface area contributed by atoms with Crippen molar-refractivity contribution in [3.05, 3.63) is 161 Å². The van der Waals surface area contributed by atoms with E-state index in [1.165, 1.54) is 7.11 Å². The second kappa shape index (κ2) is 34.7. The Labute approximate surface area is 686 Å². The van der Waals surface area contributed by atoms with Crippen LogP contribution in [0.3, 0.4) is 0 Å². The number of carbonyl (C=O) groups excluding carboxylic acids is 3. The molecule has 2 saturated heterocycles. The summed E-state index contributed by atoms with van der Waals surface area (Å²) in [6, 6.07) is 29.2. The third-order valence-electron chi connectivity index (χ3n) is 21.3. The Morgan fingerprint density at radius 1 is 0.408 bits per heavy atom. The maximum atomic E-state index is 12.1. The highest BCUT2D eigenvalue weighted by Gasteiger charge is 2.30. The van der Waals surface area contributed by atoms with Crippen molar-refractivity contribution in [1.29, 1.82) is 0 Å². The van der Waals surface area contributed by atoms with Crippen LogP contribution in [0, 0.1) is 34.6 Å². The number of H-pyrrole nitrogens is 3. The van der Waals surface area contributed by atoms with Gasteiger partial charge >= 0.3 is 0 Å². The van der Waals surface area contributed by atoms with Gasteiger partial charge < -0.3 is 103 Å². The van der Waals surface area contributed by atoms with Crippen molar-refractivity contribution in [2.45, 2.75) is 110 Å². The topological polar surface area (TPSA) is 420 Å². The average Bonchev–Trinajstić information content (AvgIpc) is 1.59. The summed E-state index contributed by atoms with van der Waals surface area (Å²) in [5.41, 5.74) is 17.2. The van der Waals surface area contributed by atoms with Crippen molar-refractivity contribution in [3.8, 4) is 68.3 Å². The first-order valence-electron chi connectivity index (χ1n) is 39.4. The van der Waals surface area contributed by atoms with Gasteiger partial charge in [-0.05, 0) is 147 Å². The molecule has 3 aliphatic rings. The van der Waals surface area contributed by atoms with Gasteiger partial charge in [0.15, 0.2) is 34.4 Å². The van der Waals surface area contributed by atoms with Crippen LogP contribution in [0.2, 0.25) is 0 Å². The van der Waals surface area contributed by atoms with Gasteiger partial charge in [-0.1, -0.05) is 12.1 Å². The van der Waals surface area contributed by atoms with Gasteiger partial charge in [0.2, 0.25) is 35.5 Å². The summed E-state index contributed by atoms with van der Waals surface area (Å²) in [7, 11) is 9.37. The first-order valence-corrected chi connectivity index (χ1v) is 39.4. The second-order valence-electron chi connectivity index (χ2n) is 29.2. The number of carbonyl (C=O) groups is 3. The van der Waals surface area contributed by atoms with E-state index in [1.807, 2.05) is 95.7 Å². The number of aliphatic hydroxyl groups is 1. The SMILES string of the molecule is CNC(=O)c1ccc(Nc2nc(OC3CCC(O)CC3)c3c(-c4ccc5nc(C)oc5c4)c[nH]c3n2)c(OC)c1.CNC(=O)c1ccc(Nc2nc(OC3CCOCC3)c3c(-c4cc5oc(C)nc5cc4C)c[nH]c3n2)c(OC)c1.CNC(=O)c1ccc(Nc2nc(OC3CCOCC3)c3c(-c4ccc5nc(C)oc5c4C)c[nH]c3n2)c(OC)c1. The van der Waals surface area contributed by atoms with Crippen LogP contribution in [0.15, 0.2) is 129 Å². The fourth-order valence-electron chi connectivity index (χ4n) is 15.1. The van der Waals surface area contributed by atoms with Crippen molar-refractivity contribution in [3.63, 3.8) is 0 Å². The number of oxazole rings is 3. The van der Waals surface area contributed by atoms with E-state index in [0.717, 1.165) is 121 Å². The molecule has 0 spiro atoms. The minimum absolute atomic E-state index is 0.0377. The number of rotatable bonds is 21. The molecule has 618 valence electrons. The Morgan fingerprint density at radius 2 is 0.808 bits per heavy atom. The van der Waals surface area contributed by atoms with Crippen LogP contribution in [-0.2, 0) is 9.47 Å². The largest absolute Gasteiger partial charge is 0.495 e. The third-order valence-corrected chi connectivity index (χ3v) is 21.3. The van der Waals surface area contributed by atoms with Crippen molar-refractivity contribution in [2.75, 3.05) is 84.9 Å². The Morgan fingerprint density at radius 3 is 1.27 bits per heavy atom. The van der Waals surface area contributed by atoms with Crippen molar-refractivity contribution in [2.24, 2.45) is 0 Å². The van der Waals surface area contributed by atoms with Gasteiger partial charge in [-0.25, -0.2) is 15.0 Å². The number of hydrogen-bond donors (Lipinski definition) is 10. The van der Waals surface area contributed by atoms with Crippen LogP contribution >= 0.6 is 0 Å². The summed E-state index contributed by atoms with van der Waals surface area (Å²) < 4.78 is 64.7. The fourth-order valence-corrected chi connectivity index (χ4v) is 15.1. The highest BCUT2D eigenvalue weighted by Crippen LogP contribution is 2.44. The molecule has 2 aliphatic heterocycles. The number of hydrogen-bond acceptors (Lipinski definition) is 27. The molecule has 33 heteroatoms. The average molecular weight is 1630 g/mol. The molecule has 0 unspecified atom stereocenters. The van der Waals surface area contributed by atoms with Crippen LogP contribution < -0.4 is 60.3 Å². The zero-order valence-electron chi connectivity index (χ0n) is 68.0. The minimum Gasteiger partial charge on any atom is -0.495 e. The van der Waals surface area contributed by atoms with Crippen LogP contribution in [0.25, 0.3) is 99.8 Å². The molecule has 10 N–H and O–H groups in total. The summed E-state index contributed by atoms with van der Waals surface area (Å²) >= 11 is 0. The molecule has 6 aromatic carbocycles. The number of nitrogens with zero attached hydrogens (tertiary/aromatic N) is 9. The third kappa shape index (κ3) is 16.9. The van der Waals surface area contributed by atoms with Crippen LogP contribution in [-0.4, -0.2) is 176 Å². The maximum absolute atomic E-state index is 12.1. The minimum atomic E-state index is -0.298. The monoisotopic (exact) mass is 1630 g/mol. The van der Waals surface area contributed by atoms with E-state index in [9.17, 15) is 19.5 Å². The summed E-state index contributed by atoms with van der Waals surface area (Å²) in [6.45, 7) is 12.1. The van der Waals surface area contributed by atoms with Gasteiger partial charge in [0.25, 0.3) is 17.7 Å². The number of nitrogens with one attached hydrogen (secondary N) is 9. The lowest BCUT2D eigenvalue weighted by molar-refractivity contribution is 0.0242. The number of methoxy groups -OCH3 is 3. The zero-order chi connectivity index (χ0) is 83.4. The van der Waals surface area contributed by atoms with E-state index < -0.39 is 0 Å². The first-order chi connectivity index (χ1) is 58.3. The van der Waals surface area contributed by atoms with Crippen LogP contribution in [0.4, 0.5) is 34.9 Å². The van der Waals surface area contributed by atoms with E-state index in [2.05, 4.69) is 61.8 Å². The predicted molar refractivity (Wildman–Crippen MR) is 451 cm³/mol. The molecule has 11 heterocycles. The maximum Gasteiger partial charge on any atom is 0.251 e. The van der Waals surface area contributed by atoms with E-state index in [1.54, 1.807) is 90.0 Å². The van der Waals surface area contributed by atoms with Gasteiger partial charge in [0, 0.05) is 125 Å². The van der Waals surface area contributed by atoms with Crippen molar-refractivity contribution >= 4 is 119 Å². The molecule has 33 nitrogen and oxygen atoms in total. The molecule has 15 aromatic rings. The highest BCUT2D eigenvalue weighted by molar-refractivity contribution is 6.04. The summed E-state index contributed by atoms with van der Waals surface area (Å²) in [6.07, 6.45) is 11.1. The van der Waals surface area contributed by atoms with E-state index in [-0.39, 0.29) is 42.1 Å².